The summed E-state index contributed by atoms with van der Waals surface area (Å²) >= 11 is 0.933. The summed E-state index contributed by atoms with van der Waals surface area (Å²) < 4.78 is 19.3. The fourth-order valence-electron chi connectivity index (χ4n) is 3.54. The first kappa shape index (κ1) is 24.0. The standard InChI is InChI=1S/C24H22FN3O4S/c1-13-8-9-15(10-14(13)2)27-19(29)12-33-23-17(11-26)20(16-6-4-5-7-18(16)25)21(22(30)28-23)24(31)32-3/h4-10,20-21H,12H2,1-3H3,(H,27,29)(H,28,30)/t20-,21-/m0/s1. The average Bonchev–Trinajstić information content (AvgIpc) is 2.79. The number of halogens is 1. The van der Waals surface area contributed by atoms with Crippen LogP contribution in [0.4, 0.5) is 10.1 Å². The van der Waals surface area contributed by atoms with Crippen LogP contribution in [0.3, 0.4) is 0 Å². The monoisotopic (exact) mass is 467 g/mol. The van der Waals surface area contributed by atoms with E-state index in [0.29, 0.717) is 5.69 Å². The molecule has 2 amide bonds. The number of rotatable bonds is 6. The summed E-state index contributed by atoms with van der Waals surface area (Å²) in [6.07, 6.45) is 0. The average molecular weight is 468 g/mol. The number of allylic oxidation sites excluding steroid dienone is 1. The highest BCUT2D eigenvalue weighted by Crippen LogP contribution is 2.41. The molecule has 9 heteroatoms. The number of esters is 1. The molecule has 0 aromatic heterocycles. The van der Waals surface area contributed by atoms with Crippen molar-refractivity contribution in [1.29, 1.82) is 5.26 Å². The van der Waals surface area contributed by atoms with Gasteiger partial charge in [-0.2, -0.15) is 5.26 Å². The maximum atomic E-state index is 14.6. The lowest BCUT2D eigenvalue weighted by molar-refractivity contribution is -0.150. The third kappa shape index (κ3) is 5.23. The molecule has 0 saturated carbocycles. The summed E-state index contributed by atoms with van der Waals surface area (Å²) in [5, 5.41) is 15.2. The first-order chi connectivity index (χ1) is 15.8. The molecule has 7 nitrogen and oxygen atoms in total. The van der Waals surface area contributed by atoms with Crippen molar-refractivity contribution in [1.82, 2.24) is 5.32 Å². The molecule has 1 heterocycles. The van der Waals surface area contributed by atoms with E-state index < -0.39 is 29.5 Å². The molecular weight excluding hydrogens is 445 g/mol. The first-order valence-electron chi connectivity index (χ1n) is 10.0. The van der Waals surface area contributed by atoms with Crippen molar-refractivity contribution in [2.45, 2.75) is 19.8 Å². The first-order valence-corrected chi connectivity index (χ1v) is 11.0. The van der Waals surface area contributed by atoms with E-state index in [2.05, 4.69) is 10.6 Å². The predicted molar refractivity (Wildman–Crippen MR) is 122 cm³/mol. The Kier molecular flexibility index (Phi) is 7.51. The van der Waals surface area contributed by atoms with Gasteiger partial charge in [-0.25, -0.2) is 4.39 Å². The summed E-state index contributed by atoms with van der Waals surface area (Å²) in [4.78, 5) is 37.6. The quantitative estimate of drug-likeness (QED) is 0.497. The van der Waals surface area contributed by atoms with Gasteiger partial charge >= 0.3 is 5.97 Å². The second-order valence-electron chi connectivity index (χ2n) is 7.48. The minimum Gasteiger partial charge on any atom is -0.468 e. The SMILES string of the molecule is COC(=O)[C@@H]1C(=O)NC(SCC(=O)Nc2ccc(C)c(C)c2)=C(C#N)[C@@H]1c1ccccc1F. The van der Waals surface area contributed by atoms with Gasteiger partial charge in [0.15, 0.2) is 0 Å². The Bertz CT molecular complexity index is 1190. The zero-order valence-electron chi connectivity index (χ0n) is 18.3. The number of nitrogens with zero attached hydrogens (tertiary/aromatic N) is 1. The molecule has 3 rings (SSSR count). The maximum absolute atomic E-state index is 14.6. The molecule has 2 aromatic rings. The summed E-state index contributed by atoms with van der Waals surface area (Å²) in [5.74, 6) is -5.34. The lowest BCUT2D eigenvalue weighted by Crippen LogP contribution is -2.44. The zero-order chi connectivity index (χ0) is 24.1. The van der Waals surface area contributed by atoms with E-state index >= 15 is 0 Å². The molecule has 0 spiro atoms. The molecule has 2 N–H and O–H groups in total. The molecule has 0 aliphatic carbocycles. The summed E-state index contributed by atoms with van der Waals surface area (Å²) in [6, 6.07) is 13.1. The number of hydrogen-bond donors (Lipinski definition) is 2. The Labute approximate surface area is 195 Å². The molecule has 170 valence electrons. The van der Waals surface area contributed by atoms with Crippen LogP contribution in [0.25, 0.3) is 0 Å². The van der Waals surface area contributed by atoms with Crippen LogP contribution in [-0.4, -0.2) is 30.6 Å². The lowest BCUT2D eigenvalue weighted by Gasteiger charge is -2.31. The number of nitrogens with one attached hydrogen (secondary N) is 2. The number of ether oxygens (including phenoxy) is 1. The van der Waals surface area contributed by atoms with Crippen molar-refractivity contribution in [2.75, 3.05) is 18.2 Å². The number of nitriles is 1. The van der Waals surface area contributed by atoms with Gasteiger partial charge in [-0.1, -0.05) is 36.0 Å². The fraction of sp³-hybridized carbons (Fsp3) is 0.250. The maximum Gasteiger partial charge on any atom is 0.319 e. The van der Waals surface area contributed by atoms with E-state index in [4.69, 9.17) is 4.74 Å². The van der Waals surface area contributed by atoms with Crippen molar-refractivity contribution in [3.8, 4) is 6.07 Å². The van der Waals surface area contributed by atoms with Crippen molar-refractivity contribution in [2.24, 2.45) is 5.92 Å². The molecule has 0 bridgehead atoms. The highest BCUT2D eigenvalue weighted by Gasteiger charge is 2.45. The number of aryl methyl sites for hydroxylation is 2. The summed E-state index contributed by atoms with van der Waals surface area (Å²) in [6.45, 7) is 3.90. The predicted octanol–water partition coefficient (Wildman–Crippen LogP) is 3.55. The highest BCUT2D eigenvalue weighted by atomic mass is 32.2. The Morgan fingerprint density at radius 3 is 2.58 bits per heavy atom. The Morgan fingerprint density at radius 2 is 1.94 bits per heavy atom. The molecule has 0 fully saturated rings. The van der Waals surface area contributed by atoms with Crippen molar-refractivity contribution in [3.05, 3.63) is 75.6 Å². The number of anilines is 1. The van der Waals surface area contributed by atoms with Crippen molar-refractivity contribution >= 4 is 35.2 Å². The van der Waals surface area contributed by atoms with Gasteiger partial charge in [-0.3, -0.25) is 14.4 Å². The Balaban J connectivity index is 1.89. The number of thioether (sulfide) groups is 1. The topological polar surface area (TPSA) is 108 Å². The third-order valence-corrected chi connectivity index (χ3v) is 6.38. The number of hydrogen-bond acceptors (Lipinski definition) is 6. The van der Waals surface area contributed by atoms with Gasteiger partial charge in [0.2, 0.25) is 11.8 Å². The molecule has 1 aliphatic heterocycles. The van der Waals surface area contributed by atoms with Gasteiger partial charge < -0.3 is 15.4 Å². The summed E-state index contributed by atoms with van der Waals surface area (Å²) in [5.41, 5.74) is 2.75. The highest BCUT2D eigenvalue weighted by molar-refractivity contribution is 8.03. The smallest absolute Gasteiger partial charge is 0.319 e. The van der Waals surface area contributed by atoms with Gasteiger partial charge in [0.25, 0.3) is 0 Å². The lowest BCUT2D eigenvalue weighted by atomic mass is 9.78. The van der Waals surface area contributed by atoms with E-state index in [1.165, 1.54) is 18.2 Å². The van der Waals surface area contributed by atoms with Crippen LogP contribution in [0.1, 0.15) is 22.6 Å². The molecule has 0 saturated heterocycles. The number of methoxy groups -OCH3 is 1. The van der Waals surface area contributed by atoms with E-state index in [1.54, 1.807) is 12.1 Å². The van der Waals surface area contributed by atoms with Gasteiger partial charge in [-0.05, 0) is 48.7 Å². The summed E-state index contributed by atoms with van der Waals surface area (Å²) in [7, 11) is 1.12. The van der Waals surface area contributed by atoms with Crippen LogP contribution in [0.2, 0.25) is 0 Å². The minimum atomic E-state index is -1.43. The van der Waals surface area contributed by atoms with Crippen LogP contribution >= 0.6 is 11.8 Å². The zero-order valence-corrected chi connectivity index (χ0v) is 19.1. The van der Waals surface area contributed by atoms with Gasteiger partial charge in [0.05, 0.1) is 29.5 Å². The number of benzene rings is 2. The van der Waals surface area contributed by atoms with Crippen LogP contribution in [0.5, 0.6) is 0 Å². The van der Waals surface area contributed by atoms with Crippen molar-refractivity contribution < 1.29 is 23.5 Å². The number of carbonyl (C=O) groups excluding carboxylic acids is 3. The number of amides is 2. The number of carbonyl (C=O) groups is 3. The third-order valence-electron chi connectivity index (χ3n) is 5.36. The van der Waals surface area contributed by atoms with Crippen LogP contribution in [0.15, 0.2) is 53.1 Å². The second kappa shape index (κ2) is 10.3. The van der Waals surface area contributed by atoms with Crippen molar-refractivity contribution in [3.63, 3.8) is 0 Å². The van der Waals surface area contributed by atoms with Crippen LogP contribution < -0.4 is 10.6 Å². The van der Waals surface area contributed by atoms with E-state index in [-0.39, 0.29) is 27.8 Å². The Morgan fingerprint density at radius 1 is 1.21 bits per heavy atom. The van der Waals surface area contributed by atoms with E-state index in [9.17, 15) is 24.0 Å². The van der Waals surface area contributed by atoms with Crippen LogP contribution in [0, 0.1) is 36.9 Å². The normalized spacial score (nSPS) is 17.7. The fourth-order valence-corrected chi connectivity index (χ4v) is 4.39. The van der Waals surface area contributed by atoms with E-state index in [1.807, 2.05) is 32.0 Å². The molecule has 2 atom stereocenters. The molecular formula is C24H22FN3O4S. The molecule has 33 heavy (non-hydrogen) atoms. The second-order valence-corrected chi connectivity index (χ2v) is 8.47. The van der Waals surface area contributed by atoms with Gasteiger partial charge in [0, 0.05) is 11.6 Å². The molecule has 2 aromatic carbocycles. The molecule has 1 aliphatic rings. The van der Waals surface area contributed by atoms with E-state index in [0.717, 1.165) is 30.0 Å². The largest absolute Gasteiger partial charge is 0.468 e. The Hall–Kier alpha value is -3.64. The molecule has 0 radical (unpaired) electrons. The van der Waals surface area contributed by atoms with Gasteiger partial charge in [-0.15, -0.1) is 0 Å². The molecule has 0 unspecified atom stereocenters. The van der Waals surface area contributed by atoms with Gasteiger partial charge in [0.1, 0.15) is 11.7 Å². The van der Waals surface area contributed by atoms with Crippen LogP contribution in [-0.2, 0) is 19.1 Å². The minimum absolute atomic E-state index is 0.0147.